The fourth-order valence-corrected chi connectivity index (χ4v) is 5.38. The van der Waals surface area contributed by atoms with E-state index in [4.69, 9.17) is 9.88 Å². The monoisotopic (exact) mass is 546 g/mol. The number of hydrogen-bond acceptors (Lipinski definition) is 8. The van der Waals surface area contributed by atoms with Crippen LogP contribution in [0.2, 0.25) is 0 Å². The van der Waals surface area contributed by atoms with Gasteiger partial charge in [-0.25, -0.2) is 18.4 Å². The molecule has 1 aliphatic carbocycles. The number of carbonyl (C=O) groups is 3. The summed E-state index contributed by atoms with van der Waals surface area (Å²) >= 11 is 0. The lowest BCUT2D eigenvalue weighted by molar-refractivity contribution is 0.0941. The van der Waals surface area contributed by atoms with Crippen LogP contribution in [0, 0.1) is 0 Å². The number of rotatable bonds is 6. The van der Waals surface area contributed by atoms with Gasteiger partial charge in [0, 0.05) is 49.2 Å². The van der Waals surface area contributed by atoms with E-state index >= 15 is 0 Å². The number of sulfonamides is 1. The molecule has 0 aromatic heterocycles. The van der Waals surface area contributed by atoms with E-state index in [0.29, 0.717) is 31.9 Å². The molecule has 1 aliphatic heterocycles. The zero-order valence-electron chi connectivity index (χ0n) is 20.9. The Morgan fingerprint density at radius 1 is 0.923 bits per heavy atom. The largest absolute Gasteiger partial charge is 0.445 e. The molecule has 11 heteroatoms. The first-order chi connectivity index (χ1) is 18.7. The van der Waals surface area contributed by atoms with E-state index in [1.54, 1.807) is 11.0 Å². The fourth-order valence-electron chi connectivity index (χ4n) is 4.61. The van der Waals surface area contributed by atoms with Crippen LogP contribution in [0.1, 0.15) is 26.3 Å². The maximum Gasteiger partial charge on any atom is 0.410 e. The molecule has 1 fully saturated rings. The van der Waals surface area contributed by atoms with Gasteiger partial charge < -0.3 is 19.9 Å². The predicted octanol–water partition coefficient (Wildman–Crippen LogP) is 3.17. The second-order valence-corrected chi connectivity index (χ2v) is 10.7. The molecule has 1 saturated heterocycles. The molecule has 0 bridgehead atoms. The first kappa shape index (κ1) is 26.1. The third-order valence-corrected chi connectivity index (χ3v) is 7.53. The van der Waals surface area contributed by atoms with Crippen molar-refractivity contribution in [3.63, 3.8) is 0 Å². The highest BCUT2D eigenvalue weighted by Gasteiger charge is 2.31. The Kier molecular flexibility index (Phi) is 7.18. The third-order valence-electron chi connectivity index (χ3n) is 6.58. The number of hydrogen-bond donors (Lipinski definition) is 2. The van der Waals surface area contributed by atoms with Gasteiger partial charge in [0.2, 0.25) is 15.8 Å². The summed E-state index contributed by atoms with van der Waals surface area (Å²) in [5.74, 6) is -1.13. The summed E-state index contributed by atoms with van der Waals surface area (Å²) in [5, 5.41) is 8.24. The van der Waals surface area contributed by atoms with Gasteiger partial charge in [-0.3, -0.25) is 9.59 Å². The second-order valence-electron chi connectivity index (χ2n) is 9.16. The van der Waals surface area contributed by atoms with Crippen LogP contribution in [-0.2, 0) is 21.4 Å². The lowest BCUT2D eigenvalue weighted by Crippen LogP contribution is -2.48. The first-order valence-electron chi connectivity index (χ1n) is 12.2. The second kappa shape index (κ2) is 10.7. The first-order valence-corrected chi connectivity index (χ1v) is 13.8. The van der Waals surface area contributed by atoms with Crippen molar-refractivity contribution in [2.45, 2.75) is 11.5 Å². The highest BCUT2D eigenvalue weighted by molar-refractivity contribution is 7.89. The molecule has 3 aromatic rings. The summed E-state index contributed by atoms with van der Waals surface area (Å²) in [6.45, 7) is 2.39. The smallest absolute Gasteiger partial charge is 0.410 e. The van der Waals surface area contributed by atoms with E-state index in [1.807, 2.05) is 48.5 Å². The van der Waals surface area contributed by atoms with Crippen molar-refractivity contribution in [3.05, 3.63) is 101 Å². The number of nitrogens with one attached hydrogen (secondary N) is 1. The van der Waals surface area contributed by atoms with Crippen LogP contribution in [-0.4, -0.2) is 57.2 Å². The third kappa shape index (κ3) is 5.69. The highest BCUT2D eigenvalue weighted by Crippen LogP contribution is 2.29. The van der Waals surface area contributed by atoms with E-state index in [1.165, 1.54) is 18.2 Å². The number of carbonyl (C=O) groups excluding carboxylic acids is 3. The molecule has 3 aromatic carbocycles. The molecule has 200 valence electrons. The zero-order valence-corrected chi connectivity index (χ0v) is 21.7. The lowest BCUT2D eigenvalue weighted by atomic mass is 9.92. The minimum Gasteiger partial charge on any atom is -0.445 e. The fraction of sp³-hybridized carbons (Fsp3) is 0.179. The number of allylic oxidation sites excluding steroid dienone is 2. The van der Waals surface area contributed by atoms with E-state index in [0.717, 1.165) is 17.3 Å². The van der Waals surface area contributed by atoms with E-state index < -0.39 is 21.6 Å². The van der Waals surface area contributed by atoms with Gasteiger partial charge in [0.1, 0.15) is 6.61 Å². The van der Waals surface area contributed by atoms with Crippen molar-refractivity contribution in [2.24, 2.45) is 5.14 Å². The normalized spacial score (nSPS) is 15.5. The van der Waals surface area contributed by atoms with Crippen LogP contribution in [0.3, 0.4) is 0 Å². The number of nitrogens with two attached hydrogens (primary N) is 1. The van der Waals surface area contributed by atoms with Crippen LogP contribution in [0.25, 0.3) is 0 Å². The molecule has 0 saturated carbocycles. The van der Waals surface area contributed by atoms with Gasteiger partial charge in [0.15, 0.2) is 5.78 Å². The predicted molar refractivity (Wildman–Crippen MR) is 145 cm³/mol. The van der Waals surface area contributed by atoms with Crippen molar-refractivity contribution in [2.75, 3.05) is 36.4 Å². The Balaban J connectivity index is 1.23. The highest BCUT2D eigenvalue weighted by atomic mass is 32.2. The molecule has 0 atom stereocenters. The molecule has 1 amide bonds. The van der Waals surface area contributed by atoms with Crippen molar-refractivity contribution >= 4 is 39.1 Å². The number of ketones is 2. The molecule has 0 spiro atoms. The molecule has 0 unspecified atom stereocenters. The Bertz CT molecular complexity index is 1580. The Labute approximate surface area is 225 Å². The Morgan fingerprint density at radius 3 is 2.36 bits per heavy atom. The Morgan fingerprint density at radius 2 is 1.64 bits per heavy atom. The van der Waals surface area contributed by atoms with Crippen LogP contribution in [0.15, 0.2) is 89.5 Å². The molecule has 10 nitrogen and oxygen atoms in total. The average molecular weight is 547 g/mol. The number of piperazine rings is 1. The van der Waals surface area contributed by atoms with E-state index in [2.05, 4.69) is 10.2 Å². The maximum absolute atomic E-state index is 13.1. The van der Waals surface area contributed by atoms with Crippen LogP contribution in [0.5, 0.6) is 0 Å². The molecular formula is C28H26N4O6S. The number of fused-ring (bicyclic) bond motifs is 1. The number of amides is 1. The van der Waals surface area contributed by atoms with Gasteiger partial charge in [-0.05, 0) is 29.8 Å². The van der Waals surface area contributed by atoms with Gasteiger partial charge in [0.25, 0.3) is 0 Å². The molecule has 0 radical (unpaired) electrons. The van der Waals surface area contributed by atoms with Gasteiger partial charge >= 0.3 is 6.09 Å². The Hall–Kier alpha value is -4.48. The summed E-state index contributed by atoms with van der Waals surface area (Å²) in [5.41, 5.74) is 2.17. The SMILES string of the molecule is NS(=O)(=O)c1cccc2c1C(=O)C=C(Nc1cccc(N3CCN(C(=O)OCc4ccccc4)CC3)c1)C2=O. The van der Waals surface area contributed by atoms with Gasteiger partial charge in [0.05, 0.1) is 16.2 Å². The quantitative estimate of drug-likeness (QED) is 0.481. The summed E-state index contributed by atoms with van der Waals surface area (Å²) in [4.78, 5) is 41.8. The maximum atomic E-state index is 13.1. The molecule has 3 N–H and O–H groups in total. The summed E-state index contributed by atoms with van der Waals surface area (Å²) in [6.07, 6.45) is 0.735. The number of primary sulfonamides is 1. The van der Waals surface area contributed by atoms with Gasteiger partial charge in [-0.15, -0.1) is 0 Å². The summed E-state index contributed by atoms with van der Waals surface area (Å²) in [7, 11) is -4.18. The van der Waals surface area contributed by atoms with Gasteiger partial charge in [-0.2, -0.15) is 0 Å². The lowest BCUT2D eigenvalue weighted by Gasteiger charge is -2.35. The summed E-state index contributed by atoms with van der Waals surface area (Å²) < 4.78 is 29.3. The number of nitrogens with zero attached hydrogens (tertiary/aromatic N) is 2. The van der Waals surface area contributed by atoms with Crippen LogP contribution < -0.4 is 15.4 Å². The minimum absolute atomic E-state index is 0.0250. The summed E-state index contributed by atoms with van der Waals surface area (Å²) in [6, 6.07) is 20.8. The van der Waals surface area contributed by atoms with Crippen LogP contribution >= 0.6 is 0 Å². The van der Waals surface area contributed by atoms with Crippen molar-refractivity contribution < 1.29 is 27.5 Å². The minimum atomic E-state index is -4.18. The van der Waals surface area contributed by atoms with Crippen molar-refractivity contribution in [1.82, 2.24) is 4.90 Å². The zero-order chi connectivity index (χ0) is 27.6. The van der Waals surface area contributed by atoms with Gasteiger partial charge in [-0.1, -0.05) is 48.5 Å². The average Bonchev–Trinajstić information content (AvgIpc) is 2.94. The molecular weight excluding hydrogens is 520 g/mol. The standard InChI is InChI=1S/C28H26N4O6S/c29-39(36,37)25-11-5-10-22-26(25)24(33)17-23(27(22)34)30-20-8-4-9-21(16-20)31-12-14-32(15-13-31)28(35)38-18-19-6-2-1-3-7-19/h1-11,16-17,30H,12-15,18H2,(H2,29,36,37). The van der Waals surface area contributed by atoms with Crippen LogP contribution in [0.4, 0.5) is 16.2 Å². The number of benzene rings is 3. The molecule has 5 rings (SSSR count). The number of anilines is 2. The topological polar surface area (TPSA) is 139 Å². The van der Waals surface area contributed by atoms with E-state index in [-0.39, 0.29) is 34.4 Å². The van der Waals surface area contributed by atoms with Crippen molar-refractivity contribution in [1.29, 1.82) is 0 Å². The number of ether oxygens (including phenoxy) is 1. The number of Topliss-reactive ketones (excluding diaryl/α,β-unsaturated/α-hetero) is 1. The molecule has 1 heterocycles. The van der Waals surface area contributed by atoms with E-state index in [9.17, 15) is 22.8 Å². The van der Waals surface area contributed by atoms with Crippen molar-refractivity contribution in [3.8, 4) is 0 Å². The molecule has 39 heavy (non-hydrogen) atoms. The molecule has 2 aliphatic rings.